The highest BCUT2D eigenvalue weighted by Gasteiger charge is 2.38. The predicted octanol–water partition coefficient (Wildman–Crippen LogP) is -1.33. The topological polar surface area (TPSA) is 181 Å². The summed E-state index contributed by atoms with van der Waals surface area (Å²) >= 11 is 0. The smallest absolute Gasteiger partial charge is 0.377 e. The summed E-state index contributed by atoms with van der Waals surface area (Å²) < 4.78 is 4.32. The summed E-state index contributed by atoms with van der Waals surface area (Å²) in [6.07, 6.45) is -1.33. The molecule has 0 unspecified atom stereocenters. The average molecular weight is 345 g/mol. The number of aromatic nitrogens is 1. The zero-order chi connectivity index (χ0) is 18.4. The van der Waals surface area contributed by atoms with Gasteiger partial charge in [0.25, 0.3) is 0 Å². The number of carbonyl (C=O) groups excluding carboxylic acids is 1. The van der Waals surface area contributed by atoms with Gasteiger partial charge >= 0.3 is 5.97 Å². The van der Waals surface area contributed by atoms with Gasteiger partial charge in [0.15, 0.2) is 11.9 Å². The van der Waals surface area contributed by atoms with Gasteiger partial charge in [-0.2, -0.15) is 0 Å². The normalized spacial score (nSPS) is 18.0. The summed E-state index contributed by atoms with van der Waals surface area (Å²) in [6, 6.07) is 0. The number of aryl methyl sites for hydroxylation is 1. The van der Waals surface area contributed by atoms with Crippen molar-refractivity contribution >= 4 is 5.97 Å². The summed E-state index contributed by atoms with van der Waals surface area (Å²) in [5.74, 6) is -2.82. The quantitative estimate of drug-likeness (QED) is 0.323. The molecule has 10 heteroatoms. The molecule has 24 heavy (non-hydrogen) atoms. The van der Waals surface area contributed by atoms with Crippen molar-refractivity contribution in [3.63, 3.8) is 0 Å². The van der Waals surface area contributed by atoms with E-state index >= 15 is 0 Å². The highest BCUT2D eigenvalue weighted by Crippen LogP contribution is 2.23. The number of cyclic esters (lactones) is 1. The van der Waals surface area contributed by atoms with Crippen molar-refractivity contribution in [2.75, 3.05) is 6.61 Å². The number of esters is 1. The van der Waals surface area contributed by atoms with E-state index in [4.69, 9.17) is 30.6 Å². The van der Waals surface area contributed by atoms with Crippen LogP contribution in [0.15, 0.2) is 17.7 Å². The molecule has 7 N–H and O–H groups in total. The Balaban J connectivity index is 0.000000240. The summed E-state index contributed by atoms with van der Waals surface area (Å²) in [5.41, 5.74) is 1.27. The molecule has 1 aromatic rings. The predicted molar refractivity (Wildman–Crippen MR) is 77.7 cm³/mol. The highest BCUT2D eigenvalue weighted by atomic mass is 16.6. The molecule has 1 aliphatic rings. The van der Waals surface area contributed by atoms with Crippen molar-refractivity contribution < 1.29 is 45.3 Å². The molecular weight excluding hydrogens is 326 g/mol. The zero-order valence-corrected chi connectivity index (χ0v) is 12.7. The van der Waals surface area contributed by atoms with E-state index in [0.29, 0.717) is 16.8 Å². The van der Waals surface area contributed by atoms with E-state index in [1.54, 1.807) is 6.92 Å². The molecule has 2 rings (SSSR count). The second kappa shape index (κ2) is 8.45. The number of ether oxygens (including phenoxy) is 1. The molecule has 0 aromatic carbocycles. The number of aliphatic hydroxyl groups is 6. The van der Waals surface area contributed by atoms with Crippen molar-refractivity contribution in [2.24, 2.45) is 0 Å². The third-order valence-electron chi connectivity index (χ3n) is 3.23. The molecule has 0 radical (unpaired) electrons. The number of rotatable bonds is 4. The number of hydrogen-bond acceptors (Lipinski definition) is 10. The van der Waals surface area contributed by atoms with Crippen LogP contribution >= 0.6 is 0 Å². The first-order valence-electron chi connectivity index (χ1n) is 6.78. The molecule has 0 saturated carbocycles. The number of aliphatic hydroxyl groups excluding tert-OH is 6. The molecule has 2 heterocycles. The van der Waals surface area contributed by atoms with Crippen LogP contribution in [0.3, 0.4) is 0 Å². The molecule has 0 aliphatic carbocycles. The SMILES string of the molecule is Cc1ncc(CO)c(CO)c1O.O=C1O[C@H]([C@@H](O)CO)C(O)=C1O. The number of hydrogen-bond donors (Lipinski definition) is 7. The summed E-state index contributed by atoms with van der Waals surface area (Å²) in [7, 11) is 0. The lowest BCUT2D eigenvalue weighted by Gasteiger charge is -2.13. The zero-order valence-electron chi connectivity index (χ0n) is 12.7. The Bertz CT molecular complexity index is 629. The molecule has 0 amide bonds. The van der Waals surface area contributed by atoms with Gasteiger partial charge in [0, 0.05) is 17.3 Å². The van der Waals surface area contributed by atoms with E-state index in [1.807, 2.05) is 0 Å². The van der Waals surface area contributed by atoms with E-state index < -0.39 is 36.3 Å². The summed E-state index contributed by atoms with van der Waals surface area (Å²) in [5, 5.41) is 62.1. The minimum Gasteiger partial charge on any atom is -0.506 e. The van der Waals surface area contributed by atoms with E-state index in [0.717, 1.165) is 0 Å². The van der Waals surface area contributed by atoms with Gasteiger partial charge in [-0.25, -0.2) is 4.79 Å². The molecular formula is C14H19NO9. The van der Waals surface area contributed by atoms with Gasteiger partial charge in [0.2, 0.25) is 5.76 Å². The van der Waals surface area contributed by atoms with Crippen molar-refractivity contribution in [1.29, 1.82) is 0 Å². The number of nitrogens with zero attached hydrogens (tertiary/aromatic N) is 1. The van der Waals surface area contributed by atoms with Gasteiger partial charge in [0.05, 0.1) is 25.5 Å². The van der Waals surface area contributed by atoms with Crippen LogP contribution in [0.25, 0.3) is 0 Å². The Morgan fingerprint density at radius 2 is 1.83 bits per heavy atom. The molecule has 0 spiro atoms. The first kappa shape index (κ1) is 19.6. The maximum absolute atomic E-state index is 10.5. The van der Waals surface area contributed by atoms with Crippen LogP contribution in [0, 0.1) is 6.92 Å². The number of carbonyl (C=O) groups is 1. The minimum absolute atomic E-state index is 0.0379. The standard InChI is InChI=1S/C8H11NO3.C6H8O6/c1-5-8(12)7(4-11)6(3-10)2-9-5;7-1-2(8)5-3(9)4(10)6(11)12-5/h2,10-12H,3-4H2,1H3;2,5,7-10H,1H2/t;2-,5+/m.0/s1. The van der Waals surface area contributed by atoms with Crippen molar-refractivity contribution in [3.8, 4) is 5.75 Å². The second-order valence-electron chi connectivity index (χ2n) is 4.82. The van der Waals surface area contributed by atoms with Gasteiger partial charge in [-0.15, -0.1) is 0 Å². The first-order chi connectivity index (χ1) is 11.3. The Labute approximate surface area is 136 Å². The second-order valence-corrected chi connectivity index (χ2v) is 4.82. The molecule has 134 valence electrons. The van der Waals surface area contributed by atoms with Gasteiger partial charge in [0.1, 0.15) is 11.9 Å². The molecule has 10 nitrogen and oxygen atoms in total. The Morgan fingerprint density at radius 1 is 1.21 bits per heavy atom. The maximum atomic E-state index is 10.5. The first-order valence-corrected chi connectivity index (χ1v) is 6.78. The Hall–Kier alpha value is -2.40. The van der Waals surface area contributed by atoms with E-state index in [9.17, 15) is 9.90 Å². The van der Waals surface area contributed by atoms with Gasteiger partial charge in [-0.3, -0.25) is 4.98 Å². The molecule has 0 bridgehead atoms. The fraction of sp³-hybridized carbons (Fsp3) is 0.429. The van der Waals surface area contributed by atoms with Crippen LogP contribution < -0.4 is 0 Å². The summed E-state index contributed by atoms with van der Waals surface area (Å²) in [6.45, 7) is 0.451. The molecule has 1 aliphatic heterocycles. The third-order valence-corrected chi connectivity index (χ3v) is 3.23. The van der Waals surface area contributed by atoms with Gasteiger partial charge < -0.3 is 40.5 Å². The molecule has 0 saturated heterocycles. The number of aromatic hydroxyl groups is 1. The van der Waals surface area contributed by atoms with E-state index in [1.165, 1.54) is 6.20 Å². The fourth-order valence-corrected chi connectivity index (χ4v) is 1.82. The van der Waals surface area contributed by atoms with Crippen LogP contribution in [0.2, 0.25) is 0 Å². The maximum Gasteiger partial charge on any atom is 0.377 e. The van der Waals surface area contributed by atoms with E-state index in [-0.39, 0.29) is 19.0 Å². The van der Waals surface area contributed by atoms with Crippen molar-refractivity contribution in [1.82, 2.24) is 4.98 Å². The lowest BCUT2D eigenvalue weighted by Crippen LogP contribution is -2.31. The summed E-state index contributed by atoms with van der Waals surface area (Å²) in [4.78, 5) is 14.4. The highest BCUT2D eigenvalue weighted by molar-refractivity contribution is 5.89. The van der Waals surface area contributed by atoms with Crippen LogP contribution in [-0.2, 0) is 22.7 Å². The molecule has 0 fully saturated rings. The van der Waals surface area contributed by atoms with Crippen LogP contribution in [-0.4, -0.2) is 65.5 Å². The van der Waals surface area contributed by atoms with Crippen LogP contribution in [0.1, 0.15) is 16.8 Å². The van der Waals surface area contributed by atoms with Gasteiger partial charge in [-0.05, 0) is 6.92 Å². The van der Waals surface area contributed by atoms with Crippen molar-refractivity contribution in [3.05, 3.63) is 34.5 Å². The molecule has 1 aromatic heterocycles. The number of pyridine rings is 1. The Morgan fingerprint density at radius 3 is 2.25 bits per heavy atom. The Kier molecular flexibility index (Phi) is 6.92. The average Bonchev–Trinajstić information content (AvgIpc) is 2.84. The van der Waals surface area contributed by atoms with Crippen LogP contribution in [0.5, 0.6) is 5.75 Å². The fourth-order valence-electron chi connectivity index (χ4n) is 1.82. The minimum atomic E-state index is -1.42. The van der Waals surface area contributed by atoms with Gasteiger partial charge in [-0.1, -0.05) is 0 Å². The lowest BCUT2D eigenvalue weighted by molar-refractivity contribution is -0.147. The largest absolute Gasteiger partial charge is 0.506 e. The molecule has 2 atom stereocenters. The monoisotopic (exact) mass is 345 g/mol. The lowest BCUT2D eigenvalue weighted by atomic mass is 10.1. The van der Waals surface area contributed by atoms with E-state index in [2.05, 4.69) is 9.72 Å². The third kappa shape index (κ3) is 4.11. The van der Waals surface area contributed by atoms with Crippen molar-refractivity contribution in [2.45, 2.75) is 32.3 Å². The van der Waals surface area contributed by atoms with Crippen LogP contribution in [0.4, 0.5) is 0 Å².